The highest BCUT2D eigenvalue weighted by Gasteiger charge is 2.06. The predicted molar refractivity (Wildman–Crippen MR) is 90.7 cm³/mol. The molecule has 0 amide bonds. The van der Waals surface area contributed by atoms with Crippen LogP contribution in [0.1, 0.15) is 30.5 Å². The Morgan fingerprint density at radius 3 is 2.41 bits per heavy atom. The molecule has 22 heavy (non-hydrogen) atoms. The standard InChI is InChI=1S/C18H22N2O2/c1-5-21-20-14(4)15-6-8-16(9-7-15)22-18-11-12(2)17(19)10-13(18)3/h6-11H,5,19H2,1-4H3/b20-14+. The van der Waals surface area contributed by atoms with Crippen LogP contribution in [-0.2, 0) is 4.84 Å². The molecule has 0 aliphatic carbocycles. The fourth-order valence-electron chi connectivity index (χ4n) is 2.03. The number of rotatable bonds is 5. The first-order valence-corrected chi connectivity index (χ1v) is 7.32. The Morgan fingerprint density at radius 1 is 1.09 bits per heavy atom. The summed E-state index contributed by atoms with van der Waals surface area (Å²) in [6.07, 6.45) is 0. The summed E-state index contributed by atoms with van der Waals surface area (Å²) >= 11 is 0. The third kappa shape index (κ3) is 3.79. The molecule has 0 atom stereocenters. The van der Waals surface area contributed by atoms with Crippen molar-refractivity contribution in [2.45, 2.75) is 27.7 Å². The van der Waals surface area contributed by atoms with Crippen LogP contribution in [0.3, 0.4) is 0 Å². The Morgan fingerprint density at radius 2 is 1.77 bits per heavy atom. The minimum atomic E-state index is 0.564. The van der Waals surface area contributed by atoms with Gasteiger partial charge in [0.15, 0.2) is 0 Å². The molecule has 0 heterocycles. The fourth-order valence-corrected chi connectivity index (χ4v) is 2.03. The van der Waals surface area contributed by atoms with E-state index in [2.05, 4.69) is 5.16 Å². The van der Waals surface area contributed by atoms with Crippen molar-refractivity contribution >= 4 is 11.4 Å². The van der Waals surface area contributed by atoms with Gasteiger partial charge in [-0.2, -0.15) is 0 Å². The van der Waals surface area contributed by atoms with Crippen molar-refractivity contribution < 1.29 is 9.57 Å². The minimum Gasteiger partial charge on any atom is -0.457 e. The van der Waals surface area contributed by atoms with Gasteiger partial charge >= 0.3 is 0 Å². The van der Waals surface area contributed by atoms with Gasteiger partial charge in [-0.05, 0) is 80.8 Å². The second-order valence-electron chi connectivity index (χ2n) is 5.20. The Kier molecular flexibility index (Phi) is 5.04. The maximum Gasteiger partial charge on any atom is 0.130 e. The normalized spacial score (nSPS) is 11.4. The average molecular weight is 298 g/mol. The SMILES string of the molecule is CCO/N=C(\C)c1ccc(Oc2cc(C)c(N)cc2C)cc1. The number of anilines is 1. The first kappa shape index (κ1) is 15.9. The number of nitrogens with zero attached hydrogens (tertiary/aromatic N) is 1. The topological polar surface area (TPSA) is 56.8 Å². The predicted octanol–water partition coefficient (Wildman–Crippen LogP) is 4.44. The first-order valence-electron chi connectivity index (χ1n) is 7.32. The largest absolute Gasteiger partial charge is 0.457 e. The zero-order chi connectivity index (χ0) is 16.1. The lowest BCUT2D eigenvalue weighted by Crippen LogP contribution is -1.97. The second kappa shape index (κ2) is 6.98. The highest BCUT2D eigenvalue weighted by atomic mass is 16.6. The lowest BCUT2D eigenvalue weighted by Gasteiger charge is -2.11. The summed E-state index contributed by atoms with van der Waals surface area (Å²) < 4.78 is 5.93. The van der Waals surface area contributed by atoms with E-state index in [1.165, 1.54) is 0 Å². The quantitative estimate of drug-likeness (QED) is 0.504. The van der Waals surface area contributed by atoms with Gasteiger partial charge in [-0.3, -0.25) is 0 Å². The van der Waals surface area contributed by atoms with E-state index < -0.39 is 0 Å². The third-order valence-electron chi connectivity index (χ3n) is 3.39. The molecule has 0 saturated heterocycles. The molecule has 0 aromatic heterocycles. The minimum absolute atomic E-state index is 0.564. The maximum absolute atomic E-state index is 5.93. The van der Waals surface area contributed by atoms with Crippen LogP contribution in [0.2, 0.25) is 0 Å². The van der Waals surface area contributed by atoms with Crippen molar-refractivity contribution in [2.24, 2.45) is 5.16 Å². The van der Waals surface area contributed by atoms with Crippen LogP contribution in [0.25, 0.3) is 0 Å². The zero-order valence-corrected chi connectivity index (χ0v) is 13.5. The number of oxime groups is 1. The van der Waals surface area contributed by atoms with Gasteiger partial charge in [-0.15, -0.1) is 0 Å². The van der Waals surface area contributed by atoms with Gasteiger partial charge < -0.3 is 15.3 Å². The molecule has 0 unspecified atom stereocenters. The monoisotopic (exact) mass is 298 g/mol. The van der Waals surface area contributed by atoms with Crippen LogP contribution in [0.4, 0.5) is 5.69 Å². The summed E-state index contributed by atoms with van der Waals surface area (Å²) in [5.41, 5.74) is 10.5. The smallest absolute Gasteiger partial charge is 0.130 e. The molecule has 2 aromatic rings. The number of hydrogen-bond acceptors (Lipinski definition) is 4. The van der Waals surface area contributed by atoms with E-state index in [0.29, 0.717) is 6.61 Å². The second-order valence-corrected chi connectivity index (χ2v) is 5.20. The van der Waals surface area contributed by atoms with Gasteiger partial charge in [0.25, 0.3) is 0 Å². The van der Waals surface area contributed by atoms with Crippen molar-refractivity contribution in [1.29, 1.82) is 0 Å². The molecule has 0 bridgehead atoms. The molecule has 116 valence electrons. The summed E-state index contributed by atoms with van der Waals surface area (Å²) in [5, 5.41) is 4.02. The van der Waals surface area contributed by atoms with Crippen LogP contribution in [0.5, 0.6) is 11.5 Å². The van der Waals surface area contributed by atoms with E-state index in [1.807, 2.05) is 64.1 Å². The van der Waals surface area contributed by atoms with E-state index in [-0.39, 0.29) is 0 Å². The van der Waals surface area contributed by atoms with Crippen molar-refractivity contribution in [1.82, 2.24) is 0 Å². The number of ether oxygens (including phenoxy) is 1. The van der Waals surface area contributed by atoms with E-state index >= 15 is 0 Å². The van der Waals surface area contributed by atoms with Crippen LogP contribution in [-0.4, -0.2) is 12.3 Å². The molecule has 0 radical (unpaired) electrons. The van der Waals surface area contributed by atoms with Gasteiger partial charge in [-0.25, -0.2) is 0 Å². The first-order chi connectivity index (χ1) is 10.5. The van der Waals surface area contributed by atoms with Crippen LogP contribution in [0, 0.1) is 13.8 Å². The fraction of sp³-hybridized carbons (Fsp3) is 0.278. The summed E-state index contributed by atoms with van der Waals surface area (Å²) in [4.78, 5) is 5.06. The Labute approximate surface area is 131 Å². The molecule has 0 aliphatic rings. The van der Waals surface area contributed by atoms with Crippen LogP contribution >= 0.6 is 0 Å². The molecule has 2 aromatic carbocycles. The number of aryl methyl sites for hydroxylation is 2. The summed E-state index contributed by atoms with van der Waals surface area (Å²) in [6.45, 7) is 8.34. The van der Waals surface area contributed by atoms with Crippen LogP contribution in [0.15, 0.2) is 41.6 Å². The Balaban J connectivity index is 2.17. The molecule has 2 rings (SSSR count). The third-order valence-corrected chi connectivity index (χ3v) is 3.39. The Bertz CT molecular complexity index is 676. The summed E-state index contributed by atoms with van der Waals surface area (Å²) in [6, 6.07) is 11.7. The summed E-state index contributed by atoms with van der Waals surface area (Å²) in [7, 11) is 0. The molecule has 0 fully saturated rings. The average Bonchev–Trinajstić information content (AvgIpc) is 2.51. The molecule has 4 nitrogen and oxygen atoms in total. The number of hydrogen-bond donors (Lipinski definition) is 1. The molecule has 0 aliphatic heterocycles. The number of nitrogen functional groups attached to an aromatic ring is 1. The lowest BCUT2D eigenvalue weighted by molar-refractivity contribution is 0.159. The number of benzene rings is 2. The van der Waals surface area contributed by atoms with E-state index in [0.717, 1.165) is 39.6 Å². The molecule has 0 saturated carbocycles. The highest BCUT2D eigenvalue weighted by molar-refractivity contribution is 5.98. The van der Waals surface area contributed by atoms with Gasteiger partial charge in [0.05, 0.1) is 5.71 Å². The van der Waals surface area contributed by atoms with Gasteiger partial charge in [-0.1, -0.05) is 5.16 Å². The lowest BCUT2D eigenvalue weighted by atomic mass is 10.1. The maximum atomic E-state index is 5.93. The van der Waals surface area contributed by atoms with Crippen molar-refractivity contribution in [3.8, 4) is 11.5 Å². The molecular weight excluding hydrogens is 276 g/mol. The molecule has 2 N–H and O–H groups in total. The zero-order valence-electron chi connectivity index (χ0n) is 13.5. The van der Waals surface area contributed by atoms with Gasteiger partial charge in [0.2, 0.25) is 0 Å². The van der Waals surface area contributed by atoms with E-state index in [1.54, 1.807) is 0 Å². The summed E-state index contributed by atoms with van der Waals surface area (Å²) in [5.74, 6) is 1.60. The van der Waals surface area contributed by atoms with Crippen molar-refractivity contribution in [2.75, 3.05) is 12.3 Å². The molecular formula is C18H22N2O2. The molecule has 4 heteroatoms. The van der Waals surface area contributed by atoms with Gasteiger partial charge in [0, 0.05) is 5.69 Å². The van der Waals surface area contributed by atoms with E-state index in [9.17, 15) is 0 Å². The van der Waals surface area contributed by atoms with Crippen LogP contribution < -0.4 is 10.5 Å². The van der Waals surface area contributed by atoms with Gasteiger partial charge in [0.1, 0.15) is 18.1 Å². The number of nitrogens with two attached hydrogens (primary N) is 1. The van der Waals surface area contributed by atoms with Crippen molar-refractivity contribution in [3.63, 3.8) is 0 Å². The van der Waals surface area contributed by atoms with E-state index in [4.69, 9.17) is 15.3 Å². The van der Waals surface area contributed by atoms with Crippen molar-refractivity contribution in [3.05, 3.63) is 53.1 Å². The Hall–Kier alpha value is -2.49. The molecule has 0 spiro atoms. The highest BCUT2D eigenvalue weighted by Crippen LogP contribution is 2.29.